The molecule has 6 amide bonds. The Morgan fingerprint density at radius 2 is 1.65 bits per heavy atom. The molecule has 15 heteroatoms. The molecule has 0 unspecified atom stereocenters. The van der Waals surface area contributed by atoms with Gasteiger partial charge in [0, 0.05) is 18.2 Å². The van der Waals surface area contributed by atoms with E-state index in [2.05, 4.69) is 26.6 Å². The smallest absolute Gasteiger partial charge is 0.251 e. The topological polar surface area (TPSA) is 166 Å². The van der Waals surface area contributed by atoms with Gasteiger partial charge >= 0.3 is 0 Å². The summed E-state index contributed by atoms with van der Waals surface area (Å²) >= 11 is 1.48. The quantitative estimate of drug-likeness (QED) is 0.294. The molecular weight excluding hydrogens is 658 g/mol. The van der Waals surface area contributed by atoms with Gasteiger partial charge in [-0.2, -0.15) is 11.8 Å². The highest BCUT2D eigenvalue weighted by molar-refractivity contribution is 7.98. The van der Waals surface area contributed by atoms with Crippen molar-refractivity contribution in [3.63, 3.8) is 0 Å². The first-order valence-electron chi connectivity index (χ1n) is 16.1. The largest absolute Gasteiger partial charge is 0.347 e. The third kappa shape index (κ3) is 9.55. The summed E-state index contributed by atoms with van der Waals surface area (Å²) in [7, 11) is 0. The number of rotatable bonds is 7. The summed E-state index contributed by atoms with van der Waals surface area (Å²) in [5, 5.41) is 13.7. The Labute approximate surface area is 287 Å². The molecule has 0 saturated carbocycles. The monoisotopic (exact) mass is 700 g/mol. The minimum atomic E-state index is -1.21. The molecule has 4 rings (SSSR count). The van der Waals surface area contributed by atoms with Crippen molar-refractivity contribution in [3.8, 4) is 0 Å². The minimum absolute atomic E-state index is 0.0564. The molecule has 0 radical (unpaired) electrons. The van der Waals surface area contributed by atoms with Crippen molar-refractivity contribution in [1.82, 2.24) is 31.5 Å². The third-order valence-corrected chi connectivity index (χ3v) is 9.20. The van der Waals surface area contributed by atoms with E-state index in [9.17, 15) is 37.5 Å². The predicted molar refractivity (Wildman–Crippen MR) is 179 cm³/mol. The number of thioether (sulfide) groups is 1. The molecule has 2 aromatic rings. The van der Waals surface area contributed by atoms with Gasteiger partial charge in [-0.25, -0.2) is 8.78 Å². The molecule has 0 aromatic heterocycles. The highest BCUT2D eigenvalue weighted by atomic mass is 32.2. The number of hydrogen-bond donors (Lipinski definition) is 5. The number of benzene rings is 2. The number of halogens is 2. The molecule has 2 aliphatic rings. The molecule has 0 spiro atoms. The number of hydrogen-bond acceptors (Lipinski definition) is 7. The van der Waals surface area contributed by atoms with Crippen molar-refractivity contribution < 1.29 is 37.5 Å². The zero-order valence-corrected chi connectivity index (χ0v) is 28.6. The fourth-order valence-corrected chi connectivity index (χ4v) is 6.31. The van der Waals surface area contributed by atoms with Crippen LogP contribution in [0, 0.1) is 17.6 Å². The lowest BCUT2D eigenvalue weighted by atomic mass is 10.0. The van der Waals surface area contributed by atoms with Crippen LogP contribution in [0.4, 0.5) is 8.78 Å². The minimum Gasteiger partial charge on any atom is -0.347 e. The van der Waals surface area contributed by atoms with Crippen LogP contribution in [-0.4, -0.2) is 89.1 Å². The Morgan fingerprint density at radius 1 is 0.939 bits per heavy atom. The van der Waals surface area contributed by atoms with E-state index < -0.39 is 89.2 Å². The van der Waals surface area contributed by atoms with Crippen molar-refractivity contribution in [2.45, 2.75) is 76.3 Å². The van der Waals surface area contributed by atoms with Gasteiger partial charge < -0.3 is 31.5 Å². The normalized spacial score (nSPS) is 25.6. The summed E-state index contributed by atoms with van der Waals surface area (Å²) in [4.78, 5) is 82.5. The Bertz CT molecular complexity index is 1560. The summed E-state index contributed by atoms with van der Waals surface area (Å²) < 4.78 is 27.3. The van der Waals surface area contributed by atoms with Gasteiger partial charge in [-0.15, -0.1) is 0 Å². The highest BCUT2D eigenvalue weighted by Gasteiger charge is 2.44. The van der Waals surface area contributed by atoms with E-state index in [1.54, 1.807) is 44.2 Å². The molecular formula is C34H42F2N6O6S. The Balaban J connectivity index is 1.67. The van der Waals surface area contributed by atoms with Gasteiger partial charge in [0.25, 0.3) is 5.91 Å². The molecule has 5 N–H and O–H groups in total. The van der Waals surface area contributed by atoms with E-state index in [-0.39, 0.29) is 31.4 Å². The standard InChI is InChI=1S/C34H42F2N6O6S/c1-18(2)29-34(48)42-17-22(38-31(45)21-10-11-23(35)24(36)14-21)15-27(42)33(47)37-19(3)30(44)40-26(20-8-6-5-7-9-20)16-28(43)39-25(12-13-49-4)32(46)41-29/h5-11,14,18-19,22,25-27,29H,12-13,15-17H2,1-4H3,(H,37,47)(H,38,45)(H,39,43)(H,40,44)(H,41,46)/t19-,22-,25-,26-,27-,29-/m0/s1. The van der Waals surface area contributed by atoms with Crippen molar-refractivity contribution >= 4 is 47.2 Å². The van der Waals surface area contributed by atoms with Crippen LogP contribution in [0.2, 0.25) is 0 Å². The van der Waals surface area contributed by atoms with Gasteiger partial charge in [0.2, 0.25) is 29.5 Å². The molecule has 264 valence electrons. The molecule has 6 atom stereocenters. The highest BCUT2D eigenvalue weighted by Crippen LogP contribution is 2.23. The van der Waals surface area contributed by atoms with E-state index in [1.807, 2.05) is 6.26 Å². The molecule has 2 aromatic carbocycles. The summed E-state index contributed by atoms with van der Waals surface area (Å²) in [6.07, 6.45) is 1.88. The fraction of sp³-hybridized carbons (Fsp3) is 0.471. The fourth-order valence-electron chi connectivity index (χ4n) is 5.84. The van der Waals surface area contributed by atoms with E-state index in [0.29, 0.717) is 11.3 Å². The maximum atomic E-state index is 14.1. The second-order valence-corrected chi connectivity index (χ2v) is 13.6. The second-order valence-electron chi connectivity index (χ2n) is 12.6. The summed E-state index contributed by atoms with van der Waals surface area (Å²) in [6, 6.07) is 5.59. The molecule has 0 aliphatic carbocycles. The van der Waals surface area contributed by atoms with Crippen LogP contribution in [0.15, 0.2) is 48.5 Å². The first-order valence-corrected chi connectivity index (χ1v) is 17.5. The van der Waals surface area contributed by atoms with Crippen LogP contribution in [0.5, 0.6) is 0 Å². The first kappa shape index (κ1) is 37.3. The van der Waals surface area contributed by atoms with Crippen molar-refractivity contribution in [2.75, 3.05) is 18.6 Å². The summed E-state index contributed by atoms with van der Waals surface area (Å²) in [5.41, 5.74) is 0.488. The average Bonchev–Trinajstić information content (AvgIpc) is 3.49. The van der Waals surface area contributed by atoms with Gasteiger partial charge in [-0.05, 0) is 61.5 Å². The van der Waals surface area contributed by atoms with Crippen molar-refractivity contribution in [3.05, 3.63) is 71.3 Å². The van der Waals surface area contributed by atoms with E-state index >= 15 is 0 Å². The number of carbonyl (C=O) groups excluding carboxylic acids is 6. The van der Waals surface area contributed by atoms with Gasteiger partial charge in [-0.1, -0.05) is 44.2 Å². The van der Waals surface area contributed by atoms with E-state index in [4.69, 9.17) is 0 Å². The summed E-state index contributed by atoms with van der Waals surface area (Å²) in [5.74, 6) is -5.92. The molecule has 12 nitrogen and oxygen atoms in total. The zero-order chi connectivity index (χ0) is 35.8. The molecule has 49 heavy (non-hydrogen) atoms. The van der Waals surface area contributed by atoms with Crippen LogP contribution in [-0.2, 0) is 24.0 Å². The Hall–Kier alpha value is -4.53. The SMILES string of the molecule is CSCC[C@@H]1NC(=O)C[C@@H](c2ccccc2)NC(=O)[C@H](C)NC(=O)[C@@H]2C[C@H](NC(=O)c3ccc(F)c(F)c3)CN2C(=O)[C@H](C(C)C)NC1=O. The second kappa shape index (κ2) is 16.7. The molecule has 2 heterocycles. The number of nitrogens with zero attached hydrogens (tertiary/aromatic N) is 1. The lowest BCUT2D eigenvalue weighted by Crippen LogP contribution is -2.59. The van der Waals surface area contributed by atoms with Crippen molar-refractivity contribution in [2.24, 2.45) is 5.92 Å². The molecule has 2 aliphatic heterocycles. The van der Waals surface area contributed by atoms with E-state index in [1.165, 1.54) is 23.6 Å². The van der Waals surface area contributed by atoms with E-state index in [0.717, 1.165) is 18.2 Å². The third-order valence-electron chi connectivity index (χ3n) is 8.56. The Kier molecular flexibility index (Phi) is 12.7. The van der Waals surface area contributed by atoms with Crippen LogP contribution in [0.3, 0.4) is 0 Å². The van der Waals surface area contributed by atoms with Crippen LogP contribution >= 0.6 is 11.8 Å². The maximum Gasteiger partial charge on any atom is 0.251 e. The summed E-state index contributed by atoms with van der Waals surface area (Å²) in [6.45, 7) is 4.77. The van der Waals surface area contributed by atoms with Gasteiger partial charge in [0.05, 0.1) is 12.5 Å². The number of amides is 6. The van der Waals surface area contributed by atoms with Gasteiger partial charge in [0.15, 0.2) is 11.6 Å². The predicted octanol–water partition coefficient (Wildman–Crippen LogP) is 1.81. The average molecular weight is 701 g/mol. The van der Waals surface area contributed by atoms with Crippen molar-refractivity contribution in [1.29, 1.82) is 0 Å². The maximum absolute atomic E-state index is 14.1. The molecule has 2 fully saturated rings. The molecule has 0 bridgehead atoms. The lowest BCUT2D eigenvalue weighted by Gasteiger charge is -2.32. The van der Waals surface area contributed by atoms with Crippen LogP contribution < -0.4 is 26.6 Å². The first-order chi connectivity index (χ1) is 23.3. The number of carbonyl (C=O) groups is 6. The van der Waals surface area contributed by atoms with Gasteiger partial charge in [0.1, 0.15) is 24.2 Å². The lowest BCUT2D eigenvalue weighted by molar-refractivity contribution is -0.143. The van der Waals surface area contributed by atoms with Gasteiger partial charge in [-0.3, -0.25) is 28.8 Å². The van der Waals surface area contributed by atoms with Crippen LogP contribution in [0.1, 0.15) is 62.0 Å². The Morgan fingerprint density at radius 3 is 2.31 bits per heavy atom. The zero-order valence-electron chi connectivity index (χ0n) is 27.8. The number of nitrogens with one attached hydrogen (secondary N) is 5. The number of fused-ring (bicyclic) bond motifs is 1. The molecule has 2 saturated heterocycles. The van der Waals surface area contributed by atoms with Crippen LogP contribution in [0.25, 0.3) is 0 Å².